The molecule has 0 spiro atoms. The highest BCUT2D eigenvalue weighted by Gasteiger charge is 2.44. The zero-order valence-electron chi connectivity index (χ0n) is 22.3. The molecule has 2 fully saturated rings. The van der Waals surface area contributed by atoms with Crippen molar-refractivity contribution >= 4 is 53.4 Å². The number of aromatic nitrogens is 2. The number of rotatable bonds is 7. The summed E-state index contributed by atoms with van der Waals surface area (Å²) in [5.74, 6) is 1.07. The van der Waals surface area contributed by atoms with Crippen LogP contribution in [0.15, 0.2) is 41.3 Å². The summed E-state index contributed by atoms with van der Waals surface area (Å²) in [6.07, 6.45) is 8.49. The molecule has 1 aliphatic heterocycles. The largest absolute Gasteiger partial charge is 0.462 e. The lowest BCUT2D eigenvalue weighted by Crippen LogP contribution is -2.55. The van der Waals surface area contributed by atoms with Crippen LogP contribution in [-0.2, 0) is 11.0 Å². The highest BCUT2D eigenvalue weighted by molar-refractivity contribution is 14.1. The first kappa shape index (κ1) is 26.0. The fourth-order valence-corrected chi connectivity index (χ4v) is 7.88. The summed E-state index contributed by atoms with van der Waals surface area (Å²) in [6.45, 7) is 16.6. The van der Waals surface area contributed by atoms with Crippen LogP contribution in [0.3, 0.4) is 0 Å². The van der Waals surface area contributed by atoms with E-state index in [4.69, 9.17) is 13.8 Å². The Morgan fingerprint density at radius 3 is 2.67 bits per heavy atom. The lowest BCUT2D eigenvalue weighted by atomic mass is 9.96. The van der Waals surface area contributed by atoms with Crippen LogP contribution in [0.25, 0.3) is 11.1 Å². The molecule has 0 unspecified atom stereocenters. The van der Waals surface area contributed by atoms with Crippen molar-refractivity contribution in [1.82, 2.24) is 9.97 Å². The van der Waals surface area contributed by atoms with Gasteiger partial charge in [-0.15, -0.1) is 0 Å². The minimum Gasteiger partial charge on any atom is -0.462 e. The number of hydrogen-bond acceptors (Lipinski definition) is 6. The van der Waals surface area contributed by atoms with E-state index in [2.05, 4.69) is 90.7 Å². The maximum Gasteiger partial charge on any atom is 0.192 e. The first-order chi connectivity index (χ1) is 17.0. The van der Waals surface area contributed by atoms with Crippen LogP contribution < -0.4 is 10.2 Å². The van der Waals surface area contributed by atoms with Gasteiger partial charge in [-0.05, 0) is 61.0 Å². The third kappa shape index (κ3) is 5.31. The van der Waals surface area contributed by atoms with Crippen molar-refractivity contribution in [3.63, 3.8) is 0 Å². The lowest BCUT2D eigenvalue weighted by molar-refractivity contribution is 0.116. The van der Waals surface area contributed by atoms with Gasteiger partial charge in [0, 0.05) is 24.8 Å². The number of halogens is 1. The average Bonchev–Trinajstić information content (AvgIpc) is 3.58. The van der Waals surface area contributed by atoms with Crippen LogP contribution in [-0.4, -0.2) is 41.4 Å². The molecule has 1 aliphatic carbocycles. The quantitative estimate of drug-likeness (QED) is 0.170. The molecule has 8 heteroatoms. The summed E-state index contributed by atoms with van der Waals surface area (Å²) in [7, 11) is -1.82. The van der Waals surface area contributed by atoms with Gasteiger partial charge < -0.3 is 19.1 Å². The molecular weight excluding hydrogens is 579 g/mol. The molecule has 1 saturated carbocycles. The first-order valence-corrected chi connectivity index (χ1v) is 17.3. The number of furan rings is 1. The van der Waals surface area contributed by atoms with Gasteiger partial charge in [0.15, 0.2) is 13.9 Å². The third-order valence-electron chi connectivity index (χ3n) is 8.18. The van der Waals surface area contributed by atoms with E-state index in [1.165, 1.54) is 24.1 Å². The Labute approximate surface area is 229 Å². The fraction of sp³-hybridized carbons (Fsp3) is 0.571. The lowest BCUT2D eigenvalue weighted by Gasteiger charge is -2.47. The standard InChI is InChI=1S/C28H39IN4O2Si/c1-18-15-33(16-22(29)27(18)35-36(5,6)28(2,3)4)24-11-12-30-14-23(24)31-13-20-9-10-25-26(32-20)21(17-34-25)19-7-8-19/h9-12,14,17-19,22,27,31H,7-8,13,15-16H2,1-6H3/t18-,22+,27+/m0/s1. The highest BCUT2D eigenvalue weighted by atomic mass is 127. The van der Waals surface area contributed by atoms with Gasteiger partial charge in [-0.25, -0.2) is 4.98 Å². The van der Waals surface area contributed by atoms with Crippen LogP contribution in [0.1, 0.15) is 57.7 Å². The molecule has 36 heavy (non-hydrogen) atoms. The van der Waals surface area contributed by atoms with Crippen molar-refractivity contribution in [1.29, 1.82) is 0 Å². The molecule has 0 amide bonds. The van der Waals surface area contributed by atoms with Gasteiger partial charge in [-0.3, -0.25) is 4.98 Å². The molecule has 3 aromatic heterocycles. The second kappa shape index (κ2) is 9.91. The second-order valence-corrected chi connectivity index (χ2v) is 18.5. The molecule has 1 saturated heterocycles. The van der Waals surface area contributed by atoms with E-state index in [1.54, 1.807) is 0 Å². The Bertz CT molecular complexity index is 1210. The molecule has 0 bridgehead atoms. The first-order valence-electron chi connectivity index (χ1n) is 13.2. The number of alkyl halides is 1. The van der Waals surface area contributed by atoms with E-state index in [0.717, 1.165) is 35.6 Å². The summed E-state index contributed by atoms with van der Waals surface area (Å²) in [5, 5.41) is 3.84. The number of nitrogens with zero attached hydrogens (tertiary/aromatic N) is 3. The molecule has 194 valence electrons. The summed E-state index contributed by atoms with van der Waals surface area (Å²) in [4.78, 5) is 11.9. The normalized spacial score (nSPS) is 23.3. The monoisotopic (exact) mass is 618 g/mol. The number of fused-ring (bicyclic) bond motifs is 1. The van der Waals surface area contributed by atoms with Gasteiger partial charge >= 0.3 is 0 Å². The number of pyridine rings is 2. The van der Waals surface area contributed by atoms with E-state index >= 15 is 0 Å². The maximum atomic E-state index is 6.91. The SMILES string of the molecule is C[C@H]1CN(c2ccncc2NCc2ccc3occ(C4CC4)c3n2)C[C@@H](I)[C@@H]1O[Si](C)(C)C(C)(C)C. The Balaban J connectivity index is 1.29. The van der Waals surface area contributed by atoms with Crippen LogP contribution >= 0.6 is 22.6 Å². The molecule has 3 aromatic rings. The van der Waals surface area contributed by atoms with Crippen molar-refractivity contribution in [2.45, 2.75) is 81.2 Å². The summed E-state index contributed by atoms with van der Waals surface area (Å²) in [5.41, 5.74) is 6.43. The second-order valence-electron chi connectivity index (χ2n) is 12.1. The summed E-state index contributed by atoms with van der Waals surface area (Å²) >= 11 is 2.61. The summed E-state index contributed by atoms with van der Waals surface area (Å²) < 4.78 is 13.1. The number of piperidine rings is 1. The number of nitrogens with one attached hydrogen (secondary N) is 1. The van der Waals surface area contributed by atoms with Crippen molar-refractivity contribution in [3.05, 3.63) is 48.1 Å². The van der Waals surface area contributed by atoms with Gasteiger partial charge in [0.1, 0.15) is 5.52 Å². The van der Waals surface area contributed by atoms with Gasteiger partial charge in [-0.1, -0.05) is 50.3 Å². The molecule has 4 heterocycles. The Morgan fingerprint density at radius 2 is 1.97 bits per heavy atom. The maximum absolute atomic E-state index is 6.91. The zero-order valence-corrected chi connectivity index (χ0v) is 25.5. The highest BCUT2D eigenvalue weighted by Crippen LogP contribution is 2.44. The Morgan fingerprint density at radius 1 is 1.19 bits per heavy atom. The van der Waals surface area contributed by atoms with Crippen LogP contribution in [0, 0.1) is 5.92 Å². The molecule has 6 nitrogen and oxygen atoms in total. The Kier molecular flexibility index (Phi) is 7.15. The van der Waals surface area contributed by atoms with E-state index in [9.17, 15) is 0 Å². The van der Waals surface area contributed by atoms with Crippen LogP contribution in [0.5, 0.6) is 0 Å². The van der Waals surface area contributed by atoms with Crippen molar-refractivity contribution in [2.75, 3.05) is 23.3 Å². The van der Waals surface area contributed by atoms with Crippen molar-refractivity contribution < 1.29 is 8.84 Å². The van der Waals surface area contributed by atoms with E-state index in [1.807, 2.05) is 24.7 Å². The molecule has 1 N–H and O–H groups in total. The molecule has 0 radical (unpaired) electrons. The zero-order chi connectivity index (χ0) is 25.7. The van der Waals surface area contributed by atoms with Crippen LogP contribution in [0.2, 0.25) is 18.1 Å². The van der Waals surface area contributed by atoms with Gasteiger partial charge in [0.2, 0.25) is 0 Å². The molecule has 5 rings (SSSR count). The molecule has 3 atom stereocenters. The van der Waals surface area contributed by atoms with Gasteiger partial charge in [-0.2, -0.15) is 0 Å². The minimum atomic E-state index is -1.82. The topological polar surface area (TPSA) is 63.4 Å². The summed E-state index contributed by atoms with van der Waals surface area (Å²) in [6, 6.07) is 6.23. The average molecular weight is 619 g/mol. The van der Waals surface area contributed by atoms with E-state index in [-0.39, 0.29) is 11.1 Å². The smallest absolute Gasteiger partial charge is 0.192 e. The number of hydrogen-bond donors (Lipinski definition) is 1. The van der Waals surface area contributed by atoms with Crippen LogP contribution in [0.4, 0.5) is 11.4 Å². The molecule has 0 aromatic carbocycles. The number of anilines is 2. The molecule has 2 aliphatic rings. The minimum absolute atomic E-state index is 0.218. The van der Waals surface area contributed by atoms with Gasteiger partial charge in [0.05, 0.1) is 46.1 Å². The predicted molar refractivity (Wildman–Crippen MR) is 159 cm³/mol. The fourth-order valence-electron chi connectivity index (χ4n) is 4.84. The van der Waals surface area contributed by atoms with E-state index < -0.39 is 8.32 Å². The molecular formula is C28H39IN4O2Si. The Hall–Kier alpha value is -1.65. The van der Waals surface area contributed by atoms with E-state index in [0.29, 0.717) is 22.3 Å². The van der Waals surface area contributed by atoms with Gasteiger partial charge in [0.25, 0.3) is 0 Å². The third-order valence-corrected chi connectivity index (χ3v) is 13.8. The van der Waals surface area contributed by atoms with Crippen molar-refractivity contribution in [2.24, 2.45) is 5.92 Å². The predicted octanol–water partition coefficient (Wildman–Crippen LogP) is 7.36. The van der Waals surface area contributed by atoms with Crippen molar-refractivity contribution in [3.8, 4) is 0 Å².